The molecule has 1 unspecified atom stereocenters. The lowest BCUT2D eigenvalue weighted by Gasteiger charge is -2.21. The second-order valence-electron chi connectivity index (χ2n) is 6.78. The van der Waals surface area contributed by atoms with Gasteiger partial charge in [0.25, 0.3) is 5.91 Å². The number of aromatic nitrogens is 1. The highest BCUT2D eigenvalue weighted by atomic mass is 32.1. The summed E-state index contributed by atoms with van der Waals surface area (Å²) >= 11 is 1.40. The molecule has 6 heteroatoms. The van der Waals surface area contributed by atoms with E-state index in [2.05, 4.69) is 29.5 Å². The maximum absolute atomic E-state index is 12.6. The molecule has 25 heavy (non-hydrogen) atoms. The highest BCUT2D eigenvalue weighted by Crippen LogP contribution is 2.22. The van der Waals surface area contributed by atoms with Gasteiger partial charge < -0.3 is 10.6 Å². The van der Waals surface area contributed by atoms with Crippen molar-refractivity contribution >= 4 is 28.3 Å². The van der Waals surface area contributed by atoms with Gasteiger partial charge in [-0.1, -0.05) is 45.4 Å². The largest absolute Gasteiger partial charge is 0.340 e. The zero-order valence-corrected chi connectivity index (χ0v) is 16.1. The lowest BCUT2D eigenvalue weighted by atomic mass is 10.0. The van der Waals surface area contributed by atoms with Crippen LogP contribution in [0.25, 0.3) is 0 Å². The summed E-state index contributed by atoms with van der Waals surface area (Å²) in [6, 6.07) is 6.65. The van der Waals surface area contributed by atoms with Crippen molar-refractivity contribution in [3.8, 4) is 0 Å². The summed E-state index contributed by atoms with van der Waals surface area (Å²) in [5, 5.41) is 8.15. The van der Waals surface area contributed by atoms with Gasteiger partial charge >= 0.3 is 0 Å². The molecule has 0 spiro atoms. The van der Waals surface area contributed by atoms with Crippen molar-refractivity contribution in [2.24, 2.45) is 5.92 Å². The van der Waals surface area contributed by atoms with Gasteiger partial charge in [0.05, 0.1) is 5.69 Å². The zero-order valence-electron chi connectivity index (χ0n) is 15.3. The van der Waals surface area contributed by atoms with Gasteiger partial charge in [0, 0.05) is 10.9 Å². The molecule has 0 radical (unpaired) electrons. The SMILES string of the molecule is Cc1ccc(C(=O)NC(C(=O)Nc2nc(C(C)C)cs2)C(C)C)cc1. The predicted molar refractivity (Wildman–Crippen MR) is 102 cm³/mol. The van der Waals surface area contributed by atoms with Crippen molar-refractivity contribution in [1.29, 1.82) is 0 Å². The lowest BCUT2D eigenvalue weighted by Crippen LogP contribution is -2.47. The van der Waals surface area contributed by atoms with Crippen molar-refractivity contribution in [2.75, 3.05) is 5.32 Å². The molecule has 2 amide bonds. The van der Waals surface area contributed by atoms with E-state index in [1.165, 1.54) is 11.3 Å². The first-order valence-corrected chi connectivity index (χ1v) is 9.29. The highest BCUT2D eigenvalue weighted by Gasteiger charge is 2.25. The third-order valence-electron chi connectivity index (χ3n) is 3.89. The minimum atomic E-state index is -0.625. The number of nitrogens with zero attached hydrogens (tertiary/aromatic N) is 1. The summed E-state index contributed by atoms with van der Waals surface area (Å²) in [7, 11) is 0. The number of carbonyl (C=O) groups excluding carboxylic acids is 2. The smallest absolute Gasteiger partial charge is 0.251 e. The Bertz CT molecular complexity index is 735. The molecule has 0 aliphatic rings. The summed E-state index contributed by atoms with van der Waals surface area (Å²) in [6.07, 6.45) is 0. The Kier molecular flexibility index (Phi) is 6.31. The molecule has 2 N–H and O–H groups in total. The number of carbonyl (C=O) groups is 2. The van der Waals surface area contributed by atoms with Crippen LogP contribution in [0.4, 0.5) is 5.13 Å². The Hall–Kier alpha value is -2.21. The van der Waals surface area contributed by atoms with Crippen molar-refractivity contribution in [2.45, 2.75) is 46.6 Å². The van der Waals surface area contributed by atoms with Crippen LogP contribution in [-0.2, 0) is 4.79 Å². The van der Waals surface area contributed by atoms with Crippen LogP contribution in [0.5, 0.6) is 0 Å². The van der Waals surface area contributed by atoms with Gasteiger partial charge in [-0.3, -0.25) is 9.59 Å². The van der Waals surface area contributed by atoms with E-state index < -0.39 is 6.04 Å². The fourth-order valence-corrected chi connectivity index (χ4v) is 3.13. The molecule has 1 aromatic carbocycles. The van der Waals surface area contributed by atoms with Crippen molar-refractivity contribution in [3.63, 3.8) is 0 Å². The van der Waals surface area contributed by atoms with Crippen LogP contribution in [-0.4, -0.2) is 22.8 Å². The number of nitrogens with one attached hydrogen (secondary N) is 2. The topological polar surface area (TPSA) is 71.1 Å². The molecule has 1 heterocycles. The van der Waals surface area contributed by atoms with Crippen LogP contribution in [0.1, 0.15) is 55.2 Å². The van der Waals surface area contributed by atoms with E-state index in [0.29, 0.717) is 16.6 Å². The molecule has 2 aromatic rings. The molecule has 0 fully saturated rings. The van der Waals surface area contributed by atoms with Gasteiger partial charge in [0.15, 0.2) is 5.13 Å². The minimum absolute atomic E-state index is 0.0427. The second kappa shape index (κ2) is 8.25. The number of hydrogen-bond donors (Lipinski definition) is 2. The van der Waals surface area contributed by atoms with Gasteiger partial charge in [0.2, 0.25) is 5.91 Å². The third-order valence-corrected chi connectivity index (χ3v) is 4.67. The molecule has 134 valence electrons. The summed E-state index contributed by atoms with van der Waals surface area (Å²) < 4.78 is 0. The molecule has 1 aromatic heterocycles. The summed E-state index contributed by atoms with van der Waals surface area (Å²) in [4.78, 5) is 29.4. The van der Waals surface area contributed by atoms with E-state index in [-0.39, 0.29) is 17.7 Å². The van der Waals surface area contributed by atoms with E-state index in [0.717, 1.165) is 11.3 Å². The summed E-state index contributed by atoms with van der Waals surface area (Å²) in [5.41, 5.74) is 2.57. The van der Waals surface area contributed by atoms with Gasteiger partial charge in [-0.15, -0.1) is 11.3 Å². The number of benzene rings is 1. The Morgan fingerprint density at radius 3 is 2.24 bits per heavy atom. The Balaban J connectivity index is 2.07. The number of rotatable bonds is 6. The Labute approximate surface area is 152 Å². The fourth-order valence-electron chi connectivity index (χ4n) is 2.26. The highest BCUT2D eigenvalue weighted by molar-refractivity contribution is 7.13. The molecule has 0 saturated heterocycles. The Morgan fingerprint density at radius 1 is 1.08 bits per heavy atom. The first kappa shape index (κ1) is 19.1. The molecule has 0 bridgehead atoms. The van der Waals surface area contributed by atoms with Crippen LogP contribution in [0.3, 0.4) is 0 Å². The Morgan fingerprint density at radius 2 is 1.72 bits per heavy atom. The number of thiazole rings is 1. The van der Waals surface area contributed by atoms with E-state index in [4.69, 9.17) is 0 Å². The average Bonchev–Trinajstić information content (AvgIpc) is 3.01. The van der Waals surface area contributed by atoms with Gasteiger partial charge in [0.1, 0.15) is 6.04 Å². The molecule has 0 saturated carbocycles. The number of aryl methyl sites for hydroxylation is 1. The fraction of sp³-hybridized carbons (Fsp3) is 0.421. The molecule has 0 aliphatic heterocycles. The number of hydrogen-bond acceptors (Lipinski definition) is 4. The quantitative estimate of drug-likeness (QED) is 0.820. The van der Waals surface area contributed by atoms with E-state index in [1.807, 2.05) is 38.3 Å². The van der Waals surface area contributed by atoms with Crippen LogP contribution in [0.15, 0.2) is 29.6 Å². The molecule has 0 aliphatic carbocycles. The van der Waals surface area contributed by atoms with E-state index >= 15 is 0 Å². The normalized spacial score (nSPS) is 12.3. The lowest BCUT2D eigenvalue weighted by molar-refractivity contribution is -0.118. The number of amides is 2. The van der Waals surface area contributed by atoms with Gasteiger partial charge in [-0.2, -0.15) is 0 Å². The van der Waals surface area contributed by atoms with E-state index in [1.54, 1.807) is 12.1 Å². The van der Waals surface area contributed by atoms with E-state index in [9.17, 15) is 9.59 Å². The first-order chi connectivity index (χ1) is 11.8. The number of anilines is 1. The zero-order chi connectivity index (χ0) is 18.6. The third kappa shape index (κ3) is 5.13. The maximum Gasteiger partial charge on any atom is 0.251 e. The predicted octanol–water partition coefficient (Wildman–Crippen LogP) is 3.97. The van der Waals surface area contributed by atoms with Crippen molar-refractivity contribution in [3.05, 3.63) is 46.5 Å². The molecular weight excluding hydrogens is 334 g/mol. The van der Waals surface area contributed by atoms with Crippen LogP contribution in [0, 0.1) is 12.8 Å². The molecule has 5 nitrogen and oxygen atoms in total. The molecule has 1 atom stereocenters. The minimum Gasteiger partial charge on any atom is -0.340 e. The van der Waals surface area contributed by atoms with Crippen LogP contribution >= 0.6 is 11.3 Å². The van der Waals surface area contributed by atoms with Gasteiger partial charge in [-0.25, -0.2) is 4.98 Å². The average molecular weight is 359 g/mol. The summed E-state index contributed by atoms with van der Waals surface area (Å²) in [6.45, 7) is 9.88. The first-order valence-electron chi connectivity index (χ1n) is 8.41. The standard InChI is InChI=1S/C19H25N3O2S/c1-11(2)15-10-25-19(20-15)22-18(24)16(12(3)4)21-17(23)14-8-6-13(5)7-9-14/h6-12,16H,1-5H3,(H,21,23)(H,20,22,24). The summed E-state index contributed by atoms with van der Waals surface area (Å²) in [5.74, 6) is -0.237. The van der Waals surface area contributed by atoms with Gasteiger partial charge in [-0.05, 0) is 30.9 Å². The second-order valence-corrected chi connectivity index (χ2v) is 7.64. The molecule has 2 rings (SSSR count). The van der Waals surface area contributed by atoms with Crippen LogP contribution in [0.2, 0.25) is 0 Å². The monoisotopic (exact) mass is 359 g/mol. The van der Waals surface area contributed by atoms with Crippen molar-refractivity contribution in [1.82, 2.24) is 10.3 Å². The maximum atomic E-state index is 12.6. The molecular formula is C19H25N3O2S. The van der Waals surface area contributed by atoms with Crippen molar-refractivity contribution < 1.29 is 9.59 Å². The van der Waals surface area contributed by atoms with Crippen LogP contribution < -0.4 is 10.6 Å².